The molecule has 0 unspecified atom stereocenters. The fourth-order valence-electron chi connectivity index (χ4n) is 3.04. The number of carbonyl (C=O) groups excluding carboxylic acids is 1. The van der Waals surface area contributed by atoms with Crippen molar-refractivity contribution in [2.75, 3.05) is 19.0 Å². The summed E-state index contributed by atoms with van der Waals surface area (Å²) in [5, 5.41) is 12.3. The highest BCUT2D eigenvalue weighted by Gasteiger charge is 2.14. The van der Waals surface area contributed by atoms with Gasteiger partial charge in [0.05, 0.1) is 17.3 Å². The average Bonchev–Trinajstić information content (AvgIpc) is 2.83. The molecule has 0 aliphatic carbocycles. The summed E-state index contributed by atoms with van der Waals surface area (Å²) < 4.78 is 19.0. The largest absolute Gasteiger partial charge is 0.494 e. The van der Waals surface area contributed by atoms with E-state index in [0.29, 0.717) is 41.7 Å². The quantitative estimate of drug-likeness (QED) is 0.160. The number of carbonyl (C=O) groups is 1. The van der Waals surface area contributed by atoms with Gasteiger partial charge in [0, 0.05) is 15.3 Å². The number of nitriles is 1. The topological polar surface area (TPSA) is 80.6 Å². The Morgan fingerprint density at radius 3 is 2.53 bits per heavy atom. The van der Waals surface area contributed by atoms with E-state index in [1.54, 1.807) is 37.4 Å². The van der Waals surface area contributed by atoms with Crippen LogP contribution in [0.4, 0.5) is 5.69 Å². The number of anilines is 1. The molecule has 0 aliphatic rings. The summed E-state index contributed by atoms with van der Waals surface area (Å²) in [5.41, 5.74) is 2.20. The molecular formula is C26H22I2N2O4. The van der Waals surface area contributed by atoms with Crippen molar-refractivity contribution in [3.8, 4) is 23.3 Å². The van der Waals surface area contributed by atoms with Gasteiger partial charge in [0.1, 0.15) is 24.0 Å². The Morgan fingerprint density at radius 2 is 1.85 bits per heavy atom. The molecule has 8 heteroatoms. The summed E-state index contributed by atoms with van der Waals surface area (Å²) in [7, 11) is 1.56. The van der Waals surface area contributed by atoms with Gasteiger partial charge in [-0.1, -0.05) is 18.2 Å². The van der Waals surface area contributed by atoms with Crippen LogP contribution in [0.15, 0.2) is 66.2 Å². The normalized spacial score (nSPS) is 10.9. The summed E-state index contributed by atoms with van der Waals surface area (Å²) in [6.45, 7) is 2.80. The molecule has 1 amide bonds. The number of nitrogens with zero attached hydrogens (tertiary/aromatic N) is 1. The Bertz CT molecular complexity index is 1230. The van der Waals surface area contributed by atoms with Gasteiger partial charge in [-0.2, -0.15) is 5.26 Å². The van der Waals surface area contributed by atoms with E-state index in [0.717, 1.165) is 12.7 Å². The van der Waals surface area contributed by atoms with Gasteiger partial charge in [0.2, 0.25) is 0 Å². The van der Waals surface area contributed by atoms with E-state index in [1.165, 1.54) is 6.08 Å². The van der Waals surface area contributed by atoms with Gasteiger partial charge in [0.25, 0.3) is 5.91 Å². The van der Waals surface area contributed by atoms with Crippen LogP contribution in [0.2, 0.25) is 0 Å². The van der Waals surface area contributed by atoms with Crippen molar-refractivity contribution in [1.82, 2.24) is 0 Å². The third-order valence-electron chi connectivity index (χ3n) is 4.63. The maximum Gasteiger partial charge on any atom is 0.266 e. The molecule has 1 N–H and O–H groups in total. The number of ether oxygens (including phenoxy) is 3. The Balaban J connectivity index is 1.79. The first-order chi connectivity index (χ1) is 16.4. The van der Waals surface area contributed by atoms with Crippen molar-refractivity contribution in [2.24, 2.45) is 0 Å². The molecule has 34 heavy (non-hydrogen) atoms. The van der Waals surface area contributed by atoms with Gasteiger partial charge in [-0.25, -0.2) is 0 Å². The van der Waals surface area contributed by atoms with E-state index >= 15 is 0 Å². The second kappa shape index (κ2) is 12.6. The molecule has 3 aromatic rings. The minimum atomic E-state index is -0.510. The highest BCUT2D eigenvalue weighted by Crippen LogP contribution is 2.35. The minimum Gasteiger partial charge on any atom is -0.494 e. The van der Waals surface area contributed by atoms with Crippen molar-refractivity contribution in [3.63, 3.8) is 0 Å². The van der Waals surface area contributed by atoms with Gasteiger partial charge >= 0.3 is 0 Å². The zero-order valence-electron chi connectivity index (χ0n) is 18.6. The highest BCUT2D eigenvalue weighted by atomic mass is 127. The molecule has 0 atom stereocenters. The maximum absolute atomic E-state index is 12.7. The van der Waals surface area contributed by atoms with E-state index < -0.39 is 5.91 Å². The zero-order valence-corrected chi connectivity index (χ0v) is 22.9. The second-order valence-corrected chi connectivity index (χ2v) is 9.44. The van der Waals surface area contributed by atoms with Gasteiger partial charge in [-0.05, 0) is 106 Å². The van der Waals surface area contributed by atoms with E-state index in [-0.39, 0.29) is 5.57 Å². The van der Waals surface area contributed by atoms with Crippen LogP contribution >= 0.6 is 45.2 Å². The number of methoxy groups -OCH3 is 1. The molecule has 0 saturated carbocycles. The van der Waals surface area contributed by atoms with E-state index in [2.05, 4.69) is 50.5 Å². The predicted molar refractivity (Wildman–Crippen MR) is 149 cm³/mol. The zero-order chi connectivity index (χ0) is 24.5. The molecule has 0 fully saturated rings. The molecule has 0 bridgehead atoms. The molecule has 0 radical (unpaired) electrons. The van der Waals surface area contributed by atoms with E-state index in [1.807, 2.05) is 43.3 Å². The van der Waals surface area contributed by atoms with Crippen LogP contribution in [0.1, 0.15) is 18.1 Å². The summed E-state index contributed by atoms with van der Waals surface area (Å²) in [6.07, 6.45) is 1.52. The lowest BCUT2D eigenvalue weighted by atomic mass is 10.1. The third kappa shape index (κ3) is 7.11. The highest BCUT2D eigenvalue weighted by molar-refractivity contribution is 14.1. The van der Waals surface area contributed by atoms with Crippen LogP contribution in [-0.4, -0.2) is 19.6 Å². The number of amides is 1. The summed E-state index contributed by atoms with van der Waals surface area (Å²) in [5.74, 6) is 1.26. The van der Waals surface area contributed by atoms with Gasteiger partial charge < -0.3 is 19.5 Å². The van der Waals surface area contributed by atoms with Crippen LogP contribution in [0.25, 0.3) is 6.08 Å². The molecule has 0 heterocycles. The van der Waals surface area contributed by atoms with E-state index in [9.17, 15) is 10.1 Å². The van der Waals surface area contributed by atoms with Crippen molar-refractivity contribution in [3.05, 3.63) is 84.5 Å². The number of nitrogens with one attached hydrogen (secondary N) is 1. The first-order valence-corrected chi connectivity index (χ1v) is 12.5. The summed E-state index contributed by atoms with van der Waals surface area (Å²) in [4.78, 5) is 12.7. The van der Waals surface area contributed by atoms with Crippen molar-refractivity contribution >= 4 is 62.9 Å². The van der Waals surface area contributed by atoms with E-state index in [4.69, 9.17) is 14.2 Å². The van der Waals surface area contributed by atoms with Gasteiger partial charge in [-0.15, -0.1) is 0 Å². The number of hydrogen-bond donors (Lipinski definition) is 1. The van der Waals surface area contributed by atoms with Crippen LogP contribution in [0.5, 0.6) is 17.2 Å². The van der Waals surface area contributed by atoms with Crippen LogP contribution in [-0.2, 0) is 11.4 Å². The van der Waals surface area contributed by atoms with Crippen molar-refractivity contribution in [2.45, 2.75) is 13.5 Å². The minimum absolute atomic E-state index is 0.0350. The molecule has 0 saturated heterocycles. The predicted octanol–water partition coefficient (Wildman–Crippen LogP) is 6.43. The fourth-order valence-corrected chi connectivity index (χ4v) is 4.18. The maximum atomic E-state index is 12.7. The standard InChI is InChI=1S/C26H22I2N2O4/c1-3-33-22-6-4-5-21(14-22)30-26(31)19(15-29)11-18-12-23(28)25(24(13-18)32-2)34-16-17-7-9-20(27)10-8-17/h4-14H,3,16H2,1-2H3,(H,30,31)/b19-11-. The third-order valence-corrected chi connectivity index (χ3v) is 6.15. The molecule has 174 valence electrons. The van der Waals surface area contributed by atoms with Gasteiger partial charge in [0.15, 0.2) is 11.5 Å². The molecule has 0 spiro atoms. The Morgan fingerprint density at radius 1 is 1.09 bits per heavy atom. The van der Waals surface area contributed by atoms with Crippen molar-refractivity contribution in [1.29, 1.82) is 5.26 Å². The van der Waals surface area contributed by atoms with Gasteiger partial charge in [-0.3, -0.25) is 4.79 Å². The lowest BCUT2D eigenvalue weighted by Crippen LogP contribution is -2.13. The molecule has 6 nitrogen and oxygen atoms in total. The Kier molecular flexibility index (Phi) is 9.59. The molecular weight excluding hydrogens is 658 g/mol. The SMILES string of the molecule is CCOc1cccc(NC(=O)/C(C#N)=C\c2cc(I)c(OCc3ccc(I)cc3)c(OC)c2)c1. The fraction of sp³-hybridized carbons (Fsp3) is 0.154. The lowest BCUT2D eigenvalue weighted by molar-refractivity contribution is -0.112. The summed E-state index contributed by atoms with van der Waals surface area (Å²) >= 11 is 4.42. The molecule has 0 aliphatic heterocycles. The first kappa shape index (κ1) is 25.8. The number of rotatable bonds is 9. The molecule has 0 aromatic heterocycles. The smallest absolute Gasteiger partial charge is 0.266 e. The average molecular weight is 680 g/mol. The number of hydrogen-bond acceptors (Lipinski definition) is 5. The number of benzene rings is 3. The van der Waals surface area contributed by atoms with Crippen LogP contribution in [0, 0.1) is 18.5 Å². The molecule has 3 rings (SSSR count). The Labute approximate surface area is 226 Å². The summed E-state index contributed by atoms with van der Waals surface area (Å²) in [6, 6.07) is 20.7. The lowest BCUT2D eigenvalue weighted by Gasteiger charge is -2.14. The first-order valence-electron chi connectivity index (χ1n) is 10.3. The Hall–Kier alpha value is -2.78. The molecule has 3 aromatic carbocycles. The second-order valence-electron chi connectivity index (χ2n) is 7.03. The van der Waals surface area contributed by atoms with Crippen molar-refractivity contribution < 1.29 is 19.0 Å². The number of halogens is 2. The van der Waals surface area contributed by atoms with Crippen LogP contribution < -0.4 is 19.5 Å². The van der Waals surface area contributed by atoms with Crippen LogP contribution in [0.3, 0.4) is 0 Å². The monoisotopic (exact) mass is 680 g/mol.